The van der Waals surface area contributed by atoms with E-state index in [2.05, 4.69) is 11.0 Å². The van der Waals surface area contributed by atoms with Crippen LogP contribution < -0.4 is 14.2 Å². The number of hydrogen-bond acceptors (Lipinski definition) is 5. The molecule has 5 nitrogen and oxygen atoms in total. The lowest BCUT2D eigenvalue weighted by Gasteiger charge is -2.44. The first kappa shape index (κ1) is 16.0. The van der Waals surface area contributed by atoms with Crippen LogP contribution in [0.25, 0.3) is 0 Å². The summed E-state index contributed by atoms with van der Waals surface area (Å²) in [7, 11) is 0. The van der Waals surface area contributed by atoms with Crippen molar-refractivity contribution in [1.29, 1.82) is 0 Å². The molecule has 2 aromatic rings. The summed E-state index contributed by atoms with van der Waals surface area (Å²) in [5, 5.41) is 0. The molecule has 0 saturated carbocycles. The van der Waals surface area contributed by atoms with Crippen LogP contribution in [-0.4, -0.2) is 43.0 Å². The third kappa shape index (κ3) is 3.02. The molecule has 136 valence electrons. The van der Waals surface area contributed by atoms with Gasteiger partial charge in [0, 0.05) is 38.0 Å². The highest BCUT2D eigenvalue weighted by Gasteiger charge is 2.41. The minimum Gasteiger partial charge on any atom is -0.486 e. The lowest BCUT2D eigenvalue weighted by atomic mass is 10.0. The average molecular weight is 353 g/mol. The summed E-state index contributed by atoms with van der Waals surface area (Å²) in [5.74, 6) is 2.17. The van der Waals surface area contributed by atoms with Gasteiger partial charge in [0.1, 0.15) is 18.5 Å². The molecule has 3 aliphatic heterocycles. The van der Waals surface area contributed by atoms with Crippen LogP contribution in [0.1, 0.15) is 18.4 Å². The van der Waals surface area contributed by atoms with Crippen LogP contribution in [0.4, 0.5) is 0 Å². The third-order valence-electron chi connectivity index (χ3n) is 5.41. The van der Waals surface area contributed by atoms with Crippen molar-refractivity contribution < 1.29 is 18.9 Å². The van der Waals surface area contributed by atoms with Crippen molar-refractivity contribution in [2.75, 3.05) is 26.2 Å². The molecular formula is C21H23NO4. The molecule has 1 spiro atoms. The van der Waals surface area contributed by atoms with Gasteiger partial charge in [-0.25, -0.2) is 0 Å². The zero-order valence-corrected chi connectivity index (χ0v) is 14.7. The number of piperidine rings is 1. The Morgan fingerprint density at radius 1 is 0.923 bits per heavy atom. The first-order chi connectivity index (χ1) is 12.8. The Morgan fingerprint density at radius 3 is 2.50 bits per heavy atom. The van der Waals surface area contributed by atoms with Crippen LogP contribution in [0.15, 0.2) is 48.5 Å². The number of para-hydroxylation sites is 3. The van der Waals surface area contributed by atoms with E-state index in [1.807, 2.05) is 42.5 Å². The lowest BCUT2D eigenvalue weighted by Crippen LogP contribution is -2.53. The zero-order valence-electron chi connectivity index (χ0n) is 14.7. The fourth-order valence-electron chi connectivity index (χ4n) is 3.93. The number of nitrogens with zero attached hydrogens (tertiary/aromatic N) is 1. The van der Waals surface area contributed by atoms with Gasteiger partial charge in [0.05, 0.1) is 6.61 Å². The van der Waals surface area contributed by atoms with E-state index in [0.717, 1.165) is 55.3 Å². The van der Waals surface area contributed by atoms with Crippen LogP contribution in [0, 0.1) is 0 Å². The van der Waals surface area contributed by atoms with Crippen LogP contribution in [0.5, 0.6) is 17.2 Å². The van der Waals surface area contributed by atoms with Gasteiger partial charge in [0.15, 0.2) is 11.5 Å². The van der Waals surface area contributed by atoms with Crippen LogP contribution in [-0.2, 0) is 11.3 Å². The molecule has 26 heavy (non-hydrogen) atoms. The number of fused-ring (bicyclic) bond motifs is 2. The Morgan fingerprint density at radius 2 is 1.65 bits per heavy atom. The van der Waals surface area contributed by atoms with E-state index in [-0.39, 0.29) is 6.10 Å². The van der Waals surface area contributed by atoms with Gasteiger partial charge in [-0.05, 0) is 18.2 Å². The fourth-order valence-corrected chi connectivity index (χ4v) is 3.93. The Kier molecular flexibility index (Phi) is 3.98. The van der Waals surface area contributed by atoms with Gasteiger partial charge in [-0.15, -0.1) is 0 Å². The molecule has 1 unspecified atom stereocenters. The highest BCUT2D eigenvalue weighted by Crippen LogP contribution is 2.37. The Balaban J connectivity index is 1.18. The number of hydrogen-bond donors (Lipinski definition) is 0. The van der Waals surface area contributed by atoms with Crippen LogP contribution >= 0.6 is 0 Å². The second kappa shape index (κ2) is 6.49. The van der Waals surface area contributed by atoms with Gasteiger partial charge in [-0.3, -0.25) is 4.90 Å². The second-order valence-electron chi connectivity index (χ2n) is 7.21. The van der Waals surface area contributed by atoms with Gasteiger partial charge >= 0.3 is 0 Å². The Hall–Kier alpha value is -2.24. The largest absolute Gasteiger partial charge is 0.486 e. The molecule has 0 aromatic heterocycles. The minimum atomic E-state index is -0.471. The quantitative estimate of drug-likeness (QED) is 0.829. The summed E-state index contributed by atoms with van der Waals surface area (Å²) in [5.41, 5.74) is 1.13. The van der Waals surface area contributed by atoms with E-state index in [9.17, 15) is 0 Å². The van der Waals surface area contributed by atoms with E-state index in [0.29, 0.717) is 13.2 Å². The van der Waals surface area contributed by atoms with E-state index in [1.165, 1.54) is 0 Å². The maximum Gasteiger partial charge on any atom is 0.213 e. The second-order valence-corrected chi connectivity index (χ2v) is 7.21. The molecule has 0 radical (unpaired) electrons. The van der Waals surface area contributed by atoms with Crippen molar-refractivity contribution in [3.63, 3.8) is 0 Å². The van der Waals surface area contributed by atoms with Crippen molar-refractivity contribution in [2.45, 2.75) is 31.3 Å². The molecule has 0 amide bonds. The highest BCUT2D eigenvalue weighted by atomic mass is 16.7. The van der Waals surface area contributed by atoms with Crippen molar-refractivity contribution in [3.05, 3.63) is 54.1 Å². The minimum absolute atomic E-state index is 0.0628. The summed E-state index contributed by atoms with van der Waals surface area (Å²) in [6, 6.07) is 16.0. The van der Waals surface area contributed by atoms with Gasteiger partial charge in [-0.2, -0.15) is 0 Å². The van der Waals surface area contributed by atoms with E-state index >= 15 is 0 Å². The van der Waals surface area contributed by atoms with Crippen molar-refractivity contribution in [3.8, 4) is 17.2 Å². The number of rotatable bonds is 2. The summed E-state index contributed by atoms with van der Waals surface area (Å²) in [6.07, 6.45) is 1.80. The monoisotopic (exact) mass is 353 g/mol. The highest BCUT2D eigenvalue weighted by molar-refractivity contribution is 5.40. The maximum atomic E-state index is 6.24. The van der Waals surface area contributed by atoms with Gasteiger partial charge in [0.2, 0.25) is 5.79 Å². The lowest BCUT2D eigenvalue weighted by molar-refractivity contribution is -0.229. The molecular weight excluding hydrogens is 330 g/mol. The van der Waals surface area contributed by atoms with Crippen LogP contribution in [0.3, 0.4) is 0 Å². The van der Waals surface area contributed by atoms with Crippen molar-refractivity contribution in [2.24, 2.45) is 0 Å². The van der Waals surface area contributed by atoms with Gasteiger partial charge in [-0.1, -0.05) is 30.3 Å². The molecule has 3 aliphatic rings. The van der Waals surface area contributed by atoms with E-state index in [1.54, 1.807) is 0 Å². The molecule has 3 heterocycles. The SMILES string of the molecule is c1ccc2c(c1)COC1(CCN(CC3COc4ccccc4O3)CC1)O2. The molecule has 0 N–H and O–H groups in total. The smallest absolute Gasteiger partial charge is 0.213 e. The molecule has 5 heteroatoms. The number of likely N-dealkylation sites (tertiary alicyclic amines) is 1. The molecule has 2 aromatic carbocycles. The Bertz CT molecular complexity index is 785. The summed E-state index contributed by atoms with van der Waals surface area (Å²) >= 11 is 0. The molecule has 1 saturated heterocycles. The zero-order chi connectivity index (χ0) is 17.4. The van der Waals surface area contributed by atoms with Gasteiger partial charge in [0.25, 0.3) is 0 Å². The van der Waals surface area contributed by atoms with Crippen LogP contribution in [0.2, 0.25) is 0 Å². The maximum absolute atomic E-state index is 6.24. The summed E-state index contributed by atoms with van der Waals surface area (Å²) < 4.78 is 24.3. The first-order valence-corrected chi connectivity index (χ1v) is 9.31. The molecule has 0 aliphatic carbocycles. The number of ether oxygens (including phenoxy) is 4. The standard InChI is InChI=1S/C21H23NO4/c1-2-6-18-16(5-1)14-24-21(26-18)9-11-22(12-10-21)13-17-15-23-19-7-3-4-8-20(19)25-17/h1-8,17H,9-15H2. The van der Waals surface area contributed by atoms with Crippen molar-refractivity contribution >= 4 is 0 Å². The van der Waals surface area contributed by atoms with E-state index in [4.69, 9.17) is 18.9 Å². The number of benzene rings is 2. The summed E-state index contributed by atoms with van der Waals surface area (Å²) in [6.45, 7) is 3.96. The van der Waals surface area contributed by atoms with Crippen molar-refractivity contribution in [1.82, 2.24) is 4.90 Å². The first-order valence-electron chi connectivity index (χ1n) is 9.31. The predicted octanol–water partition coefficient (Wildman–Crippen LogP) is 3.23. The topological polar surface area (TPSA) is 40.2 Å². The normalized spacial score (nSPS) is 23.9. The van der Waals surface area contributed by atoms with Gasteiger partial charge < -0.3 is 18.9 Å². The molecule has 1 fully saturated rings. The molecule has 5 rings (SSSR count). The summed E-state index contributed by atoms with van der Waals surface area (Å²) in [4.78, 5) is 2.42. The van der Waals surface area contributed by atoms with E-state index < -0.39 is 5.79 Å². The Labute approximate surface area is 153 Å². The molecule has 1 atom stereocenters. The predicted molar refractivity (Wildman–Crippen MR) is 96.6 cm³/mol. The average Bonchev–Trinajstić information content (AvgIpc) is 2.70. The third-order valence-corrected chi connectivity index (χ3v) is 5.41. The molecule has 0 bridgehead atoms. The fraction of sp³-hybridized carbons (Fsp3) is 0.429.